The van der Waals surface area contributed by atoms with Crippen molar-refractivity contribution in [1.82, 2.24) is 0 Å². The lowest BCUT2D eigenvalue weighted by atomic mass is 10.1. The lowest BCUT2D eigenvalue weighted by molar-refractivity contribution is -0.118. The summed E-state index contributed by atoms with van der Waals surface area (Å²) >= 11 is 7.53. The smallest absolute Gasteiger partial charge is 0.262 e. The van der Waals surface area contributed by atoms with E-state index in [4.69, 9.17) is 21.1 Å². The molecule has 1 saturated heterocycles. The van der Waals surface area contributed by atoms with E-state index in [0.29, 0.717) is 28.0 Å². The number of carbonyl (C=O) groups is 2. The van der Waals surface area contributed by atoms with Gasteiger partial charge in [0, 0.05) is 16.4 Å². The van der Waals surface area contributed by atoms with Crippen molar-refractivity contribution in [3.8, 4) is 11.5 Å². The van der Waals surface area contributed by atoms with Crippen molar-refractivity contribution < 1.29 is 19.1 Å². The van der Waals surface area contributed by atoms with Gasteiger partial charge < -0.3 is 14.8 Å². The van der Waals surface area contributed by atoms with Crippen molar-refractivity contribution in [2.75, 3.05) is 29.7 Å². The molecule has 0 saturated carbocycles. The Morgan fingerprint density at radius 3 is 2.56 bits per heavy atom. The van der Waals surface area contributed by atoms with Gasteiger partial charge >= 0.3 is 0 Å². The van der Waals surface area contributed by atoms with Gasteiger partial charge in [0.05, 0.1) is 12.9 Å². The number of nitrogens with zero attached hydrogens (tertiary/aromatic N) is 1. The van der Waals surface area contributed by atoms with Crippen LogP contribution in [0, 0.1) is 0 Å². The van der Waals surface area contributed by atoms with Gasteiger partial charge in [0.1, 0.15) is 5.37 Å². The Bertz CT molecular complexity index is 1110. The lowest BCUT2D eigenvalue weighted by Gasteiger charge is -2.25. The van der Waals surface area contributed by atoms with E-state index < -0.39 is 0 Å². The summed E-state index contributed by atoms with van der Waals surface area (Å²) in [6.45, 7) is -0.155. The average molecular weight is 469 g/mol. The first-order chi connectivity index (χ1) is 15.5. The number of thioether (sulfide) groups is 1. The number of ether oxygens (including phenoxy) is 2. The SMILES string of the molecule is COc1cc([C@@H]2SCC(=O)N2c2ccc(Cl)cc2)ccc1OCC(=O)Nc1ccccc1. The third-order valence-corrected chi connectivity index (χ3v) is 6.33. The van der Waals surface area contributed by atoms with E-state index >= 15 is 0 Å². The monoisotopic (exact) mass is 468 g/mol. The molecule has 1 N–H and O–H groups in total. The normalized spacial score (nSPS) is 15.5. The minimum absolute atomic E-state index is 0.0270. The number of methoxy groups -OCH3 is 1. The van der Waals surface area contributed by atoms with Crippen LogP contribution in [-0.2, 0) is 9.59 Å². The second-order valence-electron chi connectivity index (χ2n) is 7.02. The highest BCUT2D eigenvalue weighted by atomic mass is 35.5. The predicted octanol–water partition coefficient (Wildman–Crippen LogP) is 5.14. The van der Waals surface area contributed by atoms with Crippen molar-refractivity contribution in [3.63, 3.8) is 0 Å². The van der Waals surface area contributed by atoms with E-state index in [-0.39, 0.29) is 23.8 Å². The number of halogens is 1. The molecule has 0 bridgehead atoms. The zero-order valence-corrected chi connectivity index (χ0v) is 18.9. The third-order valence-electron chi connectivity index (χ3n) is 4.86. The number of amides is 2. The summed E-state index contributed by atoms with van der Waals surface area (Å²) in [5.41, 5.74) is 2.38. The summed E-state index contributed by atoms with van der Waals surface area (Å²) in [5.74, 6) is 1.08. The Labute approximate surface area is 195 Å². The van der Waals surface area contributed by atoms with Crippen molar-refractivity contribution in [2.24, 2.45) is 0 Å². The molecule has 2 amide bonds. The minimum Gasteiger partial charge on any atom is -0.493 e. The highest BCUT2D eigenvalue weighted by Crippen LogP contribution is 2.44. The second kappa shape index (κ2) is 9.97. The fourth-order valence-corrected chi connectivity index (χ4v) is 4.66. The van der Waals surface area contributed by atoms with Gasteiger partial charge in [-0.2, -0.15) is 0 Å². The highest BCUT2D eigenvalue weighted by molar-refractivity contribution is 8.00. The fraction of sp³-hybridized carbons (Fsp3) is 0.167. The molecule has 6 nitrogen and oxygen atoms in total. The average Bonchev–Trinajstić information content (AvgIpc) is 3.20. The Morgan fingerprint density at radius 1 is 1.09 bits per heavy atom. The predicted molar refractivity (Wildman–Crippen MR) is 128 cm³/mol. The molecule has 3 aromatic carbocycles. The van der Waals surface area contributed by atoms with Crippen LogP contribution in [0.2, 0.25) is 5.02 Å². The van der Waals surface area contributed by atoms with Crippen LogP contribution in [0.5, 0.6) is 11.5 Å². The molecule has 0 spiro atoms. The first-order valence-corrected chi connectivity index (χ1v) is 11.3. The summed E-state index contributed by atoms with van der Waals surface area (Å²) in [5, 5.41) is 3.19. The first kappa shape index (κ1) is 22.0. The Balaban J connectivity index is 1.48. The molecule has 0 aliphatic carbocycles. The summed E-state index contributed by atoms with van der Waals surface area (Å²) in [6, 6.07) is 21.9. The Hall–Kier alpha value is -3.16. The third kappa shape index (κ3) is 5.00. The van der Waals surface area contributed by atoms with Crippen LogP contribution in [-0.4, -0.2) is 31.3 Å². The summed E-state index contributed by atoms with van der Waals surface area (Å²) in [4.78, 5) is 26.5. The Morgan fingerprint density at radius 2 is 1.84 bits per heavy atom. The molecule has 1 fully saturated rings. The molecule has 0 radical (unpaired) electrons. The van der Waals surface area contributed by atoms with E-state index in [0.717, 1.165) is 11.3 Å². The van der Waals surface area contributed by atoms with E-state index in [2.05, 4.69) is 5.32 Å². The molecule has 32 heavy (non-hydrogen) atoms. The van der Waals surface area contributed by atoms with Gasteiger partial charge in [-0.1, -0.05) is 35.9 Å². The van der Waals surface area contributed by atoms with Crippen molar-refractivity contribution in [2.45, 2.75) is 5.37 Å². The first-order valence-electron chi connectivity index (χ1n) is 9.90. The second-order valence-corrected chi connectivity index (χ2v) is 8.52. The van der Waals surface area contributed by atoms with Gasteiger partial charge in [0.2, 0.25) is 5.91 Å². The largest absolute Gasteiger partial charge is 0.493 e. The highest BCUT2D eigenvalue weighted by Gasteiger charge is 2.34. The lowest BCUT2D eigenvalue weighted by Crippen LogP contribution is -2.27. The van der Waals surface area contributed by atoms with E-state index in [1.807, 2.05) is 42.5 Å². The summed E-state index contributed by atoms with van der Waals surface area (Å²) in [7, 11) is 1.54. The van der Waals surface area contributed by atoms with Crippen LogP contribution in [0.3, 0.4) is 0 Å². The molecule has 4 rings (SSSR count). The number of benzene rings is 3. The number of carbonyl (C=O) groups excluding carboxylic acids is 2. The van der Waals surface area contributed by atoms with Crippen molar-refractivity contribution in [3.05, 3.63) is 83.4 Å². The van der Waals surface area contributed by atoms with E-state index in [1.54, 1.807) is 42.3 Å². The Kier molecular flexibility index (Phi) is 6.87. The molecule has 8 heteroatoms. The molecule has 1 heterocycles. The van der Waals surface area contributed by atoms with Gasteiger partial charge in [-0.05, 0) is 54.1 Å². The number of hydrogen-bond acceptors (Lipinski definition) is 5. The molecular weight excluding hydrogens is 448 g/mol. The van der Waals surface area contributed by atoms with Crippen LogP contribution in [0.4, 0.5) is 11.4 Å². The van der Waals surface area contributed by atoms with Gasteiger partial charge in [-0.3, -0.25) is 14.5 Å². The standard InChI is InChI=1S/C24H21ClN2O4S/c1-30-21-13-16(24-27(23(29)15-32-24)19-10-8-17(25)9-11-19)7-12-20(21)31-14-22(28)26-18-5-3-2-4-6-18/h2-13,24H,14-15H2,1H3,(H,26,28)/t24-/m0/s1. The van der Waals surface area contributed by atoms with Gasteiger partial charge in [-0.25, -0.2) is 0 Å². The number of rotatable bonds is 7. The maximum Gasteiger partial charge on any atom is 0.262 e. The van der Waals surface area contributed by atoms with Crippen molar-refractivity contribution in [1.29, 1.82) is 0 Å². The molecule has 1 aliphatic heterocycles. The molecule has 164 valence electrons. The molecule has 1 atom stereocenters. The molecule has 0 unspecified atom stereocenters. The van der Waals surface area contributed by atoms with Gasteiger partial charge in [0.25, 0.3) is 5.91 Å². The molecular formula is C24H21ClN2O4S. The number of para-hydroxylation sites is 1. The zero-order valence-electron chi connectivity index (χ0n) is 17.3. The van der Waals surface area contributed by atoms with Crippen LogP contribution >= 0.6 is 23.4 Å². The van der Waals surface area contributed by atoms with Crippen LogP contribution in [0.15, 0.2) is 72.8 Å². The topological polar surface area (TPSA) is 67.9 Å². The summed E-state index contributed by atoms with van der Waals surface area (Å²) < 4.78 is 11.2. The van der Waals surface area contributed by atoms with Crippen molar-refractivity contribution >= 4 is 46.6 Å². The van der Waals surface area contributed by atoms with Crippen LogP contribution in [0.25, 0.3) is 0 Å². The maximum atomic E-state index is 12.6. The van der Waals surface area contributed by atoms with E-state index in [1.165, 1.54) is 11.8 Å². The molecule has 0 aromatic heterocycles. The number of nitrogens with one attached hydrogen (secondary N) is 1. The summed E-state index contributed by atoms with van der Waals surface area (Å²) in [6.07, 6.45) is 0. The quantitative estimate of drug-likeness (QED) is 0.519. The molecule has 1 aliphatic rings. The van der Waals surface area contributed by atoms with Crippen LogP contribution in [0.1, 0.15) is 10.9 Å². The van der Waals surface area contributed by atoms with Crippen LogP contribution < -0.4 is 19.7 Å². The number of anilines is 2. The fourth-order valence-electron chi connectivity index (χ4n) is 3.37. The van der Waals surface area contributed by atoms with Gasteiger partial charge in [0.15, 0.2) is 18.1 Å². The number of hydrogen-bond donors (Lipinski definition) is 1. The van der Waals surface area contributed by atoms with E-state index in [9.17, 15) is 9.59 Å². The molecule has 3 aromatic rings. The van der Waals surface area contributed by atoms with Gasteiger partial charge in [-0.15, -0.1) is 11.8 Å². The maximum absolute atomic E-state index is 12.6. The minimum atomic E-state index is -0.270. The zero-order chi connectivity index (χ0) is 22.5.